The van der Waals surface area contributed by atoms with Crippen molar-refractivity contribution in [1.29, 1.82) is 0 Å². The van der Waals surface area contributed by atoms with E-state index in [9.17, 15) is 0 Å². The topological polar surface area (TPSA) is 34.4 Å². The second kappa shape index (κ2) is 4.50. The molecular formula is C15H17NO2. The zero-order chi connectivity index (χ0) is 12.5. The van der Waals surface area contributed by atoms with Crippen molar-refractivity contribution in [1.82, 2.24) is 5.32 Å². The van der Waals surface area contributed by atoms with Gasteiger partial charge in [-0.3, -0.25) is 0 Å². The van der Waals surface area contributed by atoms with E-state index in [0.717, 1.165) is 24.5 Å². The first-order chi connectivity index (χ1) is 8.79. The van der Waals surface area contributed by atoms with Crippen LogP contribution in [0.3, 0.4) is 0 Å². The van der Waals surface area contributed by atoms with Crippen molar-refractivity contribution in [2.45, 2.75) is 19.4 Å². The van der Waals surface area contributed by atoms with E-state index in [4.69, 9.17) is 9.15 Å². The molecule has 0 radical (unpaired) electrons. The highest BCUT2D eigenvalue weighted by atomic mass is 16.5. The minimum absolute atomic E-state index is 0.103. The Morgan fingerprint density at radius 1 is 1.28 bits per heavy atom. The average molecular weight is 243 g/mol. The summed E-state index contributed by atoms with van der Waals surface area (Å²) in [6.45, 7) is 2.86. The molecule has 2 heterocycles. The number of hydrogen-bond donors (Lipinski definition) is 1. The van der Waals surface area contributed by atoms with Gasteiger partial charge in [0, 0.05) is 6.42 Å². The van der Waals surface area contributed by atoms with Crippen LogP contribution in [0.2, 0.25) is 0 Å². The van der Waals surface area contributed by atoms with Gasteiger partial charge in [0.25, 0.3) is 0 Å². The summed E-state index contributed by atoms with van der Waals surface area (Å²) < 4.78 is 11.1. The lowest BCUT2D eigenvalue weighted by Crippen LogP contribution is -2.17. The van der Waals surface area contributed by atoms with E-state index in [1.165, 1.54) is 16.7 Å². The highest BCUT2D eigenvalue weighted by Gasteiger charge is 2.20. The van der Waals surface area contributed by atoms with Crippen molar-refractivity contribution in [3.63, 3.8) is 0 Å². The van der Waals surface area contributed by atoms with Gasteiger partial charge in [-0.15, -0.1) is 0 Å². The second-order valence-corrected chi connectivity index (χ2v) is 4.66. The maximum absolute atomic E-state index is 5.60. The molecule has 1 atom stereocenters. The van der Waals surface area contributed by atoms with Gasteiger partial charge in [-0.05, 0) is 48.9 Å². The van der Waals surface area contributed by atoms with Gasteiger partial charge < -0.3 is 14.5 Å². The summed E-state index contributed by atoms with van der Waals surface area (Å²) in [5, 5.41) is 3.32. The van der Waals surface area contributed by atoms with E-state index in [2.05, 4.69) is 30.4 Å². The smallest absolute Gasteiger partial charge is 0.128 e. The van der Waals surface area contributed by atoms with Gasteiger partial charge in [-0.25, -0.2) is 0 Å². The Morgan fingerprint density at radius 2 is 2.17 bits per heavy atom. The standard InChI is InChI=1S/C15H17NO2/c1-10-5-7-18-15(10)14(16-2)12-3-4-13-11(9-12)6-8-17-13/h3-5,7,9,14,16H,6,8H2,1-2H3. The normalized spacial score (nSPS) is 15.2. The molecule has 1 aliphatic heterocycles. The lowest BCUT2D eigenvalue weighted by molar-refractivity contribution is 0.356. The van der Waals surface area contributed by atoms with Gasteiger partial charge in [-0.1, -0.05) is 6.07 Å². The molecule has 3 rings (SSSR count). The summed E-state index contributed by atoms with van der Waals surface area (Å²) >= 11 is 0. The molecule has 0 spiro atoms. The van der Waals surface area contributed by atoms with Crippen molar-refractivity contribution in [3.8, 4) is 5.75 Å². The third kappa shape index (κ3) is 1.81. The molecule has 1 aromatic carbocycles. The van der Waals surface area contributed by atoms with Crippen LogP contribution in [0.4, 0.5) is 0 Å². The number of furan rings is 1. The molecule has 3 nitrogen and oxygen atoms in total. The van der Waals surface area contributed by atoms with Crippen LogP contribution in [0.5, 0.6) is 5.75 Å². The fourth-order valence-corrected chi connectivity index (χ4v) is 2.52. The number of aryl methyl sites for hydroxylation is 1. The van der Waals surface area contributed by atoms with Crippen LogP contribution in [0.25, 0.3) is 0 Å². The molecule has 3 heteroatoms. The van der Waals surface area contributed by atoms with Crippen molar-refractivity contribution in [2.24, 2.45) is 0 Å². The second-order valence-electron chi connectivity index (χ2n) is 4.66. The van der Waals surface area contributed by atoms with Crippen LogP contribution < -0.4 is 10.1 Å². The zero-order valence-electron chi connectivity index (χ0n) is 10.7. The van der Waals surface area contributed by atoms with E-state index in [1.54, 1.807) is 6.26 Å². The van der Waals surface area contributed by atoms with E-state index < -0.39 is 0 Å². The highest BCUT2D eigenvalue weighted by molar-refractivity contribution is 5.42. The van der Waals surface area contributed by atoms with Crippen LogP contribution in [0.15, 0.2) is 34.9 Å². The molecule has 0 fully saturated rings. The first kappa shape index (κ1) is 11.4. The van der Waals surface area contributed by atoms with Crippen molar-refractivity contribution in [2.75, 3.05) is 13.7 Å². The Balaban J connectivity index is 2.00. The van der Waals surface area contributed by atoms with E-state index in [0.29, 0.717) is 0 Å². The summed E-state index contributed by atoms with van der Waals surface area (Å²) in [5.41, 5.74) is 3.68. The lowest BCUT2D eigenvalue weighted by Gasteiger charge is -2.16. The number of benzene rings is 1. The summed E-state index contributed by atoms with van der Waals surface area (Å²) in [7, 11) is 1.95. The Kier molecular flexibility index (Phi) is 2.84. The van der Waals surface area contributed by atoms with Crippen LogP contribution in [0, 0.1) is 6.92 Å². The molecule has 18 heavy (non-hydrogen) atoms. The predicted molar refractivity (Wildman–Crippen MR) is 70.0 cm³/mol. The molecule has 1 aromatic heterocycles. The number of fused-ring (bicyclic) bond motifs is 1. The Bertz CT molecular complexity index is 559. The van der Waals surface area contributed by atoms with Gasteiger partial charge in [0.2, 0.25) is 0 Å². The first-order valence-electron chi connectivity index (χ1n) is 6.26. The van der Waals surface area contributed by atoms with Crippen molar-refractivity contribution in [3.05, 3.63) is 53.0 Å². The summed E-state index contributed by atoms with van der Waals surface area (Å²) in [5.74, 6) is 2.00. The van der Waals surface area contributed by atoms with Crippen molar-refractivity contribution < 1.29 is 9.15 Å². The molecule has 94 valence electrons. The minimum Gasteiger partial charge on any atom is -0.493 e. The molecule has 0 amide bonds. The van der Waals surface area contributed by atoms with Gasteiger partial charge in [0.15, 0.2) is 0 Å². The molecule has 2 aromatic rings. The molecule has 1 aliphatic rings. The van der Waals surface area contributed by atoms with E-state index in [1.807, 2.05) is 13.1 Å². The third-order valence-electron chi connectivity index (χ3n) is 3.50. The molecule has 0 bridgehead atoms. The maximum Gasteiger partial charge on any atom is 0.128 e. The van der Waals surface area contributed by atoms with Crippen LogP contribution in [-0.4, -0.2) is 13.7 Å². The largest absolute Gasteiger partial charge is 0.493 e. The quantitative estimate of drug-likeness (QED) is 0.900. The molecule has 1 unspecified atom stereocenters. The minimum atomic E-state index is 0.103. The van der Waals surface area contributed by atoms with Gasteiger partial charge in [-0.2, -0.15) is 0 Å². The molecule has 0 saturated carbocycles. The van der Waals surface area contributed by atoms with E-state index in [-0.39, 0.29) is 6.04 Å². The monoisotopic (exact) mass is 243 g/mol. The van der Waals surface area contributed by atoms with Crippen LogP contribution >= 0.6 is 0 Å². The number of rotatable bonds is 3. The molecule has 1 N–H and O–H groups in total. The van der Waals surface area contributed by atoms with Gasteiger partial charge in [0.05, 0.1) is 18.9 Å². The van der Waals surface area contributed by atoms with Crippen molar-refractivity contribution >= 4 is 0 Å². The lowest BCUT2D eigenvalue weighted by atomic mass is 9.99. The summed E-state index contributed by atoms with van der Waals surface area (Å²) in [6, 6.07) is 8.47. The first-order valence-corrected chi connectivity index (χ1v) is 6.26. The Labute approximate surface area is 107 Å². The van der Waals surface area contributed by atoms with E-state index >= 15 is 0 Å². The third-order valence-corrected chi connectivity index (χ3v) is 3.50. The molecule has 0 aliphatic carbocycles. The van der Waals surface area contributed by atoms with Crippen LogP contribution in [-0.2, 0) is 6.42 Å². The predicted octanol–water partition coefficient (Wildman–Crippen LogP) is 2.83. The summed E-state index contributed by atoms with van der Waals surface area (Å²) in [6.07, 6.45) is 2.74. The Morgan fingerprint density at radius 3 is 2.89 bits per heavy atom. The SMILES string of the molecule is CNC(c1ccc2c(c1)CCO2)c1occc1C. The molecule has 0 saturated heterocycles. The summed E-state index contributed by atoms with van der Waals surface area (Å²) in [4.78, 5) is 0. The van der Waals surface area contributed by atoms with Gasteiger partial charge >= 0.3 is 0 Å². The number of nitrogens with one attached hydrogen (secondary N) is 1. The Hall–Kier alpha value is -1.74. The maximum atomic E-state index is 5.60. The number of ether oxygens (including phenoxy) is 1. The van der Waals surface area contributed by atoms with Crippen LogP contribution in [0.1, 0.15) is 28.5 Å². The highest BCUT2D eigenvalue weighted by Crippen LogP contribution is 2.31. The fourth-order valence-electron chi connectivity index (χ4n) is 2.52. The zero-order valence-corrected chi connectivity index (χ0v) is 10.7. The average Bonchev–Trinajstić information content (AvgIpc) is 2.99. The molecular weight excluding hydrogens is 226 g/mol. The fraction of sp³-hybridized carbons (Fsp3) is 0.333. The van der Waals surface area contributed by atoms with Gasteiger partial charge in [0.1, 0.15) is 11.5 Å². The number of hydrogen-bond acceptors (Lipinski definition) is 3.